The summed E-state index contributed by atoms with van der Waals surface area (Å²) < 4.78 is 7.75. The minimum absolute atomic E-state index is 0.130. The minimum Gasteiger partial charge on any atom is -0.371 e. The molecule has 3 aromatic heterocycles. The second-order valence-electron chi connectivity index (χ2n) is 8.77. The van der Waals surface area contributed by atoms with Crippen molar-refractivity contribution in [3.8, 4) is 11.5 Å². The summed E-state index contributed by atoms with van der Waals surface area (Å²) in [6, 6.07) is 4.28. The number of anilines is 2. The van der Waals surface area contributed by atoms with Crippen LogP contribution in [0.1, 0.15) is 20.3 Å². The minimum atomic E-state index is 0.130. The number of piperazine rings is 1. The molecular formula is C21H26N8O2. The highest BCUT2D eigenvalue weighted by molar-refractivity contribution is 5.79. The largest absolute Gasteiger partial charge is 0.371 e. The van der Waals surface area contributed by atoms with Crippen LogP contribution in [-0.2, 0) is 9.53 Å². The number of H-pyrrole nitrogens is 1. The van der Waals surface area contributed by atoms with E-state index < -0.39 is 0 Å². The van der Waals surface area contributed by atoms with E-state index in [-0.39, 0.29) is 11.9 Å². The molecule has 3 aromatic rings. The van der Waals surface area contributed by atoms with E-state index >= 15 is 0 Å². The van der Waals surface area contributed by atoms with Gasteiger partial charge in [0.25, 0.3) is 0 Å². The van der Waals surface area contributed by atoms with Crippen molar-refractivity contribution >= 4 is 22.9 Å². The number of hydrogen-bond donors (Lipinski definition) is 1. The van der Waals surface area contributed by atoms with Crippen LogP contribution in [-0.4, -0.2) is 86.6 Å². The van der Waals surface area contributed by atoms with Crippen molar-refractivity contribution in [1.82, 2.24) is 29.7 Å². The van der Waals surface area contributed by atoms with Crippen LogP contribution in [0.25, 0.3) is 17.0 Å². The second kappa shape index (κ2) is 6.94. The summed E-state index contributed by atoms with van der Waals surface area (Å²) in [5, 5.41) is 12.1. The molecule has 31 heavy (non-hydrogen) atoms. The first kappa shape index (κ1) is 18.6. The number of fused-ring (bicyclic) bond motifs is 3. The molecule has 10 heteroatoms. The van der Waals surface area contributed by atoms with Crippen molar-refractivity contribution in [2.75, 3.05) is 42.5 Å². The van der Waals surface area contributed by atoms with Crippen LogP contribution in [0.4, 0.5) is 11.5 Å². The lowest BCUT2D eigenvalue weighted by molar-refractivity contribution is -0.133. The number of morpholine rings is 1. The Morgan fingerprint density at radius 3 is 2.71 bits per heavy atom. The summed E-state index contributed by atoms with van der Waals surface area (Å²) in [6.45, 7) is 7.73. The molecule has 0 aliphatic carbocycles. The number of carbonyl (C=O) groups excluding carboxylic acids is 1. The number of amides is 1. The van der Waals surface area contributed by atoms with Gasteiger partial charge in [-0.05, 0) is 13.0 Å². The third-order valence-corrected chi connectivity index (χ3v) is 6.68. The number of nitrogens with one attached hydrogen (secondary N) is 1. The molecule has 4 aliphatic rings. The fraction of sp³-hybridized carbons (Fsp3) is 0.524. The highest BCUT2D eigenvalue weighted by Gasteiger charge is 2.39. The van der Waals surface area contributed by atoms with Gasteiger partial charge in [-0.2, -0.15) is 5.10 Å². The molecule has 162 valence electrons. The molecule has 3 atom stereocenters. The third kappa shape index (κ3) is 3.04. The lowest BCUT2D eigenvalue weighted by Gasteiger charge is -2.47. The van der Waals surface area contributed by atoms with Crippen molar-refractivity contribution in [3.05, 3.63) is 24.5 Å². The topological polar surface area (TPSA) is 94.9 Å². The van der Waals surface area contributed by atoms with Crippen molar-refractivity contribution in [2.24, 2.45) is 0 Å². The summed E-state index contributed by atoms with van der Waals surface area (Å²) in [7, 11) is 0. The number of aromatic amines is 1. The Kier molecular flexibility index (Phi) is 4.17. The van der Waals surface area contributed by atoms with Gasteiger partial charge in [-0.25, -0.2) is 9.50 Å². The van der Waals surface area contributed by atoms with Gasteiger partial charge in [-0.3, -0.25) is 9.89 Å². The van der Waals surface area contributed by atoms with Gasteiger partial charge in [-0.1, -0.05) is 0 Å². The van der Waals surface area contributed by atoms with E-state index in [1.165, 1.54) is 0 Å². The first-order valence-electron chi connectivity index (χ1n) is 10.9. The lowest BCUT2D eigenvalue weighted by atomic mass is 9.99. The van der Waals surface area contributed by atoms with E-state index in [1.54, 1.807) is 13.1 Å². The number of hydrogen-bond acceptors (Lipinski definition) is 7. The van der Waals surface area contributed by atoms with Crippen molar-refractivity contribution in [1.29, 1.82) is 0 Å². The molecule has 4 fully saturated rings. The number of ether oxygens (including phenoxy) is 1. The molecule has 2 bridgehead atoms. The average Bonchev–Trinajstić information content (AvgIpc) is 3.42. The Balaban J connectivity index is 1.44. The van der Waals surface area contributed by atoms with E-state index in [0.29, 0.717) is 25.3 Å². The summed E-state index contributed by atoms with van der Waals surface area (Å²) in [6.07, 6.45) is 5.34. The van der Waals surface area contributed by atoms with Gasteiger partial charge in [0.1, 0.15) is 11.2 Å². The normalized spacial score (nSPS) is 25.7. The standard InChI is InChI=1S/C21H26N8O2/c1-13-10-26(14(2)30)5-6-28(13)18-8-20(27-11-15-7-16(12-27)31-15)25-29-19(18)9-22-21(29)17-3-4-23-24-17/h3-4,8-9,13,15-16H,5-7,10-12H2,1-2H3,(H,23,24). The fourth-order valence-electron chi connectivity index (χ4n) is 5.04. The zero-order valence-electron chi connectivity index (χ0n) is 17.7. The van der Waals surface area contributed by atoms with E-state index in [9.17, 15) is 4.79 Å². The first-order valence-corrected chi connectivity index (χ1v) is 10.9. The smallest absolute Gasteiger partial charge is 0.219 e. The van der Waals surface area contributed by atoms with Gasteiger partial charge in [-0.15, -0.1) is 5.10 Å². The summed E-state index contributed by atoms with van der Waals surface area (Å²) >= 11 is 0. The van der Waals surface area contributed by atoms with E-state index in [1.807, 2.05) is 21.7 Å². The lowest BCUT2D eigenvalue weighted by Crippen LogP contribution is -2.57. The molecule has 1 N–H and O–H groups in total. The number of carbonyl (C=O) groups is 1. The fourth-order valence-corrected chi connectivity index (χ4v) is 5.04. The molecule has 0 spiro atoms. The monoisotopic (exact) mass is 422 g/mol. The van der Waals surface area contributed by atoms with Gasteiger partial charge in [0.2, 0.25) is 5.91 Å². The Bertz CT molecular complexity index is 1110. The molecule has 4 aliphatic heterocycles. The SMILES string of the molecule is CC(=O)N1CCN(c2cc(N3CC4CC(C3)O4)nn3c(-c4ccn[nH]4)ncc23)C(C)C1. The van der Waals surface area contributed by atoms with E-state index in [4.69, 9.17) is 9.84 Å². The van der Waals surface area contributed by atoms with Crippen molar-refractivity contribution < 1.29 is 9.53 Å². The van der Waals surface area contributed by atoms with Gasteiger partial charge >= 0.3 is 0 Å². The number of imidazole rings is 1. The predicted octanol–water partition coefficient (Wildman–Crippen LogP) is 1.15. The van der Waals surface area contributed by atoms with Gasteiger partial charge < -0.3 is 19.4 Å². The number of nitrogens with zero attached hydrogens (tertiary/aromatic N) is 7. The molecule has 0 radical (unpaired) electrons. The third-order valence-electron chi connectivity index (χ3n) is 6.68. The predicted molar refractivity (Wildman–Crippen MR) is 115 cm³/mol. The molecule has 7 heterocycles. The summed E-state index contributed by atoms with van der Waals surface area (Å²) in [4.78, 5) is 23.2. The van der Waals surface area contributed by atoms with Crippen LogP contribution in [0.3, 0.4) is 0 Å². The molecule has 10 nitrogen and oxygen atoms in total. The van der Waals surface area contributed by atoms with Crippen molar-refractivity contribution in [2.45, 2.75) is 38.5 Å². The Hall–Kier alpha value is -3.14. The van der Waals surface area contributed by atoms with Gasteiger partial charge in [0, 0.05) is 64.4 Å². The maximum Gasteiger partial charge on any atom is 0.219 e. The van der Waals surface area contributed by atoms with Crippen LogP contribution >= 0.6 is 0 Å². The number of piperidine rings is 1. The zero-order valence-corrected chi connectivity index (χ0v) is 17.7. The second-order valence-corrected chi connectivity index (χ2v) is 8.77. The molecule has 4 saturated heterocycles. The average molecular weight is 422 g/mol. The Morgan fingerprint density at radius 1 is 1.23 bits per heavy atom. The van der Waals surface area contributed by atoms with E-state index in [0.717, 1.165) is 54.6 Å². The van der Waals surface area contributed by atoms with Crippen LogP contribution < -0.4 is 9.80 Å². The van der Waals surface area contributed by atoms with Crippen LogP contribution in [0.2, 0.25) is 0 Å². The first-order chi connectivity index (χ1) is 15.1. The molecule has 7 rings (SSSR count). The highest BCUT2D eigenvalue weighted by Crippen LogP contribution is 2.35. The van der Waals surface area contributed by atoms with Crippen LogP contribution in [0, 0.1) is 0 Å². The Morgan fingerprint density at radius 2 is 2.03 bits per heavy atom. The Labute approximate surface area is 179 Å². The molecule has 0 saturated carbocycles. The van der Waals surface area contributed by atoms with Crippen LogP contribution in [0.5, 0.6) is 0 Å². The van der Waals surface area contributed by atoms with Crippen molar-refractivity contribution in [3.63, 3.8) is 0 Å². The number of rotatable bonds is 3. The van der Waals surface area contributed by atoms with Gasteiger partial charge in [0.05, 0.1) is 24.1 Å². The van der Waals surface area contributed by atoms with Gasteiger partial charge in [0.15, 0.2) is 11.6 Å². The summed E-state index contributed by atoms with van der Waals surface area (Å²) in [5.41, 5.74) is 2.88. The highest BCUT2D eigenvalue weighted by atomic mass is 16.5. The molecule has 1 amide bonds. The number of aromatic nitrogens is 5. The molecular weight excluding hydrogens is 396 g/mol. The summed E-state index contributed by atoms with van der Waals surface area (Å²) in [5.74, 6) is 1.80. The van der Waals surface area contributed by atoms with Crippen LogP contribution in [0.15, 0.2) is 24.5 Å². The quantitative estimate of drug-likeness (QED) is 0.677. The maximum absolute atomic E-state index is 11.9. The van der Waals surface area contributed by atoms with E-state index in [2.05, 4.69) is 38.0 Å². The molecule has 3 unspecified atom stereocenters. The molecule has 0 aromatic carbocycles. The zero-order chi connectivity index (χ0) is 21.1. The maximum atomic E-state index is 11.9.